The molecule has 1 aliphatic rings. The molecule has 0 fully saturated rings. The maximum Gasteiger partial charge on any atom is 0.369 e. The highest BCUT2D eigenvalue weighted by Gasteiger charge is 2.19. The number of tetrazole rings is 1. The minimum atomic E-state index is -0.309. The van der Waals surface area contributed by atoms with Gasteiger partial charge in [-0.2, -0.15) is 9.36 Å². The Hall–Kier alpha value is -2.32. The summed E-state index contributed by atoms with van der Waals surface area (Å²) in [6.07, 6.45) is 0. The smallest absolute Gasteiger partial charge is 0.369 e. The van der Waals surface area contributed by atoms with Crippen LogP contribution in [0.15, 0.2) is 34.4 Å². The van der Waals surface area contributed by atoms with Gasteiger partial charge in [-0.3, -0.25) is 0 Å². The van der Waals surface area contributed by atoms with Crippen molar-refractivity contribution in [3.05, 3.63) is 50.7 Å². The third kappa shape index (κ3) is 2.16. The minimum Gasteiger partial charge on any atom is -0.454 e. The Balaban J connectivity index is 1.68. The third-order valence-electron chi connectivity index (χ3n) is 3.17. The number of aromatic nitrogens is 4. The van der Waals surface area contributed by atoms with Crippen molar-refractivity contribution in [2.24, 2.45) is 0 Å². The molecule has 1 aromatic carbocycles. The zero-order valence-corrected chi connectivity index (χ0v) is 12.7. The Morgan fingerprint density at radius 2 is 2.23 bits per heavy atom. The molecule has 3 heterocycles. The molecule has 0 bridgehead atoms. The van der Waals surface area contributed by atoms with Crippen LogP contribution in [0.2, 0.25) is 5.02 Å². The summed E-state index contributed by atoms with van der Waals surface area (Å²) in [6, 6.07) is 7.17. The summed E-state index contributed by atoms with van der Waals surface area (Å²) in [5.41, 5.74) is 0.478. The fraction of sp³-hybridized carbons (Fsp3) is 0.154. The van der Waals surface area contributed by atoms with Gasteiger partial charge in [-0.25, -0.2) is 4.79 Å². The Morgan fingerprint density at radius 3 is 3.05 bits per heavy atom. The van der Waals surface area contributed by atoms with Crippen molar-refractivity contribution in [2.45, 2.75) is 6.54 Å². The van der Waals surface area contributed by atoms with Crippen LogP contribution in [0, 0.1) is 0 Å². The largest absolute Gasteiger partial charge is 0.454 e. The number of halogens is 1. The molecule has 0 amide bonds. The van der Waals surface area contributed by atoms with E-state index < -0.39 is 0 Å². The van der Waals surface area contributed by atoms with Crippen molar-refractivity contribution in [1.82, 2.24) is 19.8 Å². The average molecular weight is 337 g/mol. The van der Waals surface area contributed by atoms with Gasteiger partial charge in [0.1, 0.15) is 5.00 Å². The quantitative estimate of drug-likeness (QED) is 0.730. The number of benzene rings is 1. The normalized spacial score (nSPS) is 12.8. The van der Waals surface area contributed by atoms with Crippen LogP contribution in [-0.2, 0) is 6.54 Å². The van der Waals surface area contributed by atoms with Crippen LogP contribution in [0.25, 0.3) is 5.00 Å². The maximum absolute atomic E-state index is 12.3. The van der Waals surface area contributed by atoms with E-state index in [2.05, 4.69) is 10.4 Å². The highest BCUT2D eigenvalue weighted by Crippen LogP contribution is 2.39. The molecule has 1 aliphatic heterocycles. The van der Waals surface area contributed by atoms with Crippen LogP contribution in [0.4, 0.5) is 0 Å². The van der Waals surface area contributed by atoms with Gasteiger partial charge in [0.2, 0.25) is 6.79 Å². The van der Waals surface area contributed by atoms with Gasteiger partial charge in [0, 0.05) is 0 Å². The molecular weight excluding hydrogens is 328 g/mol. The molecule has 0 N–H and O–H groups in total. The zero-order chi connectivity index (χ0) is 15.1. The van der Waals surface area contributed by atoms with E-state index >= 15 is 0 Å². The van der Waals surface area contributed by atoms with Crippen LogP contribution in [0.3, 0.4) is 0 Å². The molecule has 0 spiro atoms. The summed E-state index contributed by atoms with van der Waals surface area (Å²) in [5, 5.41) is 10.8. The standard InChI is InChI=1S/C13H9ClN4O3S/c14-9-4-8(5-10-12(9)21-7-20-10)6-17-13(19)18(16-15-17)11-2-1-3-22-11/h1-5H,6-7H2. The van der Waals surface area contributed by atoms with E-state index in [-0.39, 0.29) is 19.0 Å². The molecular formula is C13H9ClN4O3S. The third-order valence-corrected chi connectivity index (χ3v) is 4.30. The highest BCUT2D eigenvalue weighted by molar-refractivity contribution is 7.12. The van der Waals surface area contributed by atoms with Gasteiger partial charge in [0.25, 0.3) is 0 Å². The molecule has 3 aromatic rings. The zero-order valence-electron chi connectivity index (χ0n) is 11.1. The lowest BCUT2D eigenvalue weighted by molar-refractivity contribution is 0.174. The first-order chi connectivity index (χ1) is 10.7. The van der Waals surface area contributed by atoms with Crippen molar-refractivity contribution in [3.63, 3.8) is 0 Å². The predicted molar refractivity (Wildman–Crippen MR) is 80.2 cm³/mol. The van der Waals surface area contributed by atoms with Gasteiger partial charge in [0.05, 0.1) is 11.6 Å². The van der Waals surface area contributed by atoms with E-state index in [9.17, 15) is 4.79 Å². The molecule has 4 rings (SSSR count). The molecule has 0 unspecified atom stereocenters. The van der Waals surface area contributed by atoms with Crippen LogP contribution in [0.1, 0.15) is 5.56 Å². The van der Waals surface area contributed by atoms with Crippen molar-refractivity contribution in [1.29, 1.82) is 0 Å². The maximum atomic E-state index is 12.3. The number of rotatable bonds is 3. The number of ether oxygens (including phenoxy) is 2. The molecule has 0 atom stereocenters. The topological polar surface area (TPSA) is 71.2 Å². The van der Waals surface area contributed by atoms with Crippen molar-refractivity contribution < 1.29 is 9.47 Å². The minimum absolute atomic E-state index is 0.146. The first-order valence-electron chi connectivity index (χ1n) is 6.37. The molecule has 2 aromatic heterocycles. The monoisotopic (exact) mass is 336 g/mol. The lowest BCUT2D eigenvalue weighted by Gasteiger charge is -2.04. The summed E-state index contributed by atoms with van der Waals surface area (Å²) in [5.74, 6) is 1.10. The lowest BCUT2D eigenvalue weighted by atomic mass is 10.2. The Kier molecular flexibility index (Phi) is 3.12. The average Bonchev–Trinajstić information content (AvgIpc) is 3.21. The van der Waals surface area contributed by atoms with Gasteiger partial charge >= 0.3 is 5.69 Å². The van der Waals surface area contributed by atoms with Gasteiger partial charge in [-0.1, -0.05) is 11.6 Å². The van der Waals surface area contributed by atoms with Gasteiger partial charge in [-0.15, -0.1) is 11.3 Å². The van der Waals surface area contributed by atoms with E-state index in [4.69, 9.17) is 21.1 Å². The number of thiophene rings is 1. The summed E-state index contributed by atoms with van der Waals surface area (Å²) in [6.45, 7) is 0.396. The molecule has 0 saturated carbocycles. The van der Waals surface area contributed by atoms with Crippen molar-refractivity contribution in [3.8, 4) is 16.5 Å². The predicted octanol–water partition coefficient (Wildman–Crippen LogP) is 1.92. The second-order valence-electron chi connectivity index (χ2n) is 4.59. The van der Waals surface area contributed by atoms with Crippen molar-refractivity contribution >= 4 is 22.9 Å². The molecule has 22 heavy (non-hydrogen) atoms. The van der Waals surface area contributed by atoms with E-state index in [1.807, 2.05) is 17.5 Å². The fourth-order valence-electron chi connectivity index (χ4n) is 2.19. The van der Waals surface area contributed by atoms with E-state index in [1.165, 1.54) is 20.7 Å². The molecule has 112 valence electrons. The SMILES string of the molecule is O=c1n(Cc2cc(Cl)c3c(c2)OCO3)nnn1-c1cccs1. The highest BCUT2D eigenvalue weighted by atomic mass is 35.5. The van der Waals surface area contributed by atoms with E-state index in [0.29, 0.717) is 16.5 Å². The Morgan fingerprint density at radius 1 is 1.32 bits per heavy atom. The van der Waals surface area contributed by atoms with Gasteiger partial charge in [-0.05, 0) is 45.6 Å². The summed E-state index contributed by atoms with van der Waals surface area (Å²) < 4.78 is 13.1. The molecule has 9 heteroatoms. The van der Waals surface area contributed by atoms with E-state index in [0.717, 1.165) is 10.6 Å². The number of hydrogen-bond donors (Lipinski definition) is 0. The lowest BCUT2D eigenvalue weighted by Crippen LogP contribution is -2.24. The first kappa shape index (κ1) is 13.4. The fourth-order valence-corrected chi connectivity index (χ4v) is 3.14. The Labute approximate surface area is 133 Å². The summed E-state index contributed by atoms with van der Waals surface area (Å²) in [7, 11) is 0. The molecule has 0 saturated heterocycles. The van der Waals surface area contributed by atoms with Crippen LogP contribution in [-0.4, -0.2) is 26.6 Å². The summed E-state index contributed by atoms with van der Waals surface area (Å²) >= 11 is 7.55. The second kappa shape index (κ2) is 5.15. The van der Waals surface area contributed by atoms with Gasteiger partial charge < -0.3 is 9.47 Å². The number of hydrogen-bond acceptors (Lipinski definition) is 6. The first-order valence-corrected chi connectivity index (χ1v) is 7.63. The second-order valence-corrected chi connectivity index (χ2v) is 5.93. The van der Waals surface area contributed by atoms with Crippen molar-refractivity contribution in [2.75, 3.05) is 6.79 Å². The van der Waals surface area contributed by atoms with E-state index in [1.54, 1.807) is 12.1 Å². The van der Waals surface area contributed by atoms with Crippen LogP contribution < -0.4 is 15.2 Å². The van der Waals surface area contributed by atoms with Crippen LogP contribution >= 0.6 is 22.9 Å². The molecule has 0 aliphatic carbocycles. The molecule has 7 nitrogen and oxygen atoms in total. The number of fused-ring (bicyclic) bond motifs is 1. The van der Waals surface area contributed by atoms with Gasteiger partial charge in [0.15, 0.2) is 11.5 Å². The Bertz CT molecular complexity index is 887. The molecule has 0 radical (unpaired) electrons. The van der Waals surface area contributed by atoms with Crippen LogP contribution in [0.5, 0.6) is 11.5 Å². The number of nitrogens with zero attached hydrogens (tertiary/aromatic N) is 4. The summed E-state index contributed by atoms with van der Waals surface area (Å²) in [4.78, 5) is 12.3.